The zero-order valence-corrected chi connectivity index (χ0v) is 17.1. The van der Waals surface area contributed by atoms with E-state index in [1.165, 1.54) is 6.08 Å². The lowest BCUT2D eigenvalue weighted by Crippen LogP contribution is -2.62. The number of esters is 1. The third-order valence-electron chi connectivity index (χ3n) is 9.92. The number of fused-ring (bicyclic) bond motifs is 5. The average molecular weight is 391 g/mol. The molecule has 0 unspecified atom stereocenters. The molecular weight excluding hydrogens is 356 g/mol. The van der Waals surface area contributed by atoms with Crippen LogP contribution in [0.2, 0.25) is 0 Å². The summed E-state index contributed by atoms with van der Waals surface area (Å²) in [5.74, 6) is 0.627. The molecule has 4 saturated carbocycles. The molecule has 0 saturated heterocycles. The fraction of sp³-hybridized carbons (Fsp3) is 0.870. The first-order valence-corrected chi connectivity index (χ1v) is 11.1. The highest BCUT2D eigenvalue weighted by Crippen LogP contribution is 2.69. The quantitative estimate of drug-likeness (QED) is 0.599. The van der Waals surface area contributed by atoms with Gasteiger partial charge in [-0.3, -0.25) is 0 Å². The molecule has 5 aliphatic rings. The zero-order valence-electron chi connectivity index (χ0n) is 17.1. The lowest BCUT2D eigenvalue weighted by Gasteiger charge is -2.63. The van der Waals surface area contributed by atoms with Gasteiger partial charge in [0.05, 0.1) is 17.8 Å². The van der Waals surface area contributed by atoms with Crippen LogP contribution in [0.1, 0.15) is 65.2 Å². The van der Waals surface area contributed by atoms with Gasteiger partial charge in [0.2, 0.25) is 0 Å². The van der Waals surface area contributed by atoms with Crippen LogP contribution < -0.4 is 0 Å². The van der Waals surface area contributed by atoms with Crippen molar-refractivity contribution in [2.45, 2.75) is 83.0 Å². The van der Waals surface area contributed by atoms with E-state index < -0.39 is 17.1 Å². The van der Waals surface area contributed by atoms with Crippen molar-refractivity contribution in [1.82, 2.24) is 0 Å². The molecule has 0 amide bonds. The first-order valence-electron chi connectivity index (χ1n) is 11.1. The topological polar surface area (TPSA) is 87.0 Å². The second kappa shape index (κ2) is 6.05. The van der Waals surface area contributed by atoms with Crippen LogP contribution in [0.5, 0.6) is 0 Å². The Morgan fingerprint density at radius 2 is 1.86 bits per heavy atom. The Kier molecular flexibility index (Phi) is 4.12. The summed E-state index contributed by atoms with van der Waals surface area (Å²) in [7, 11) is 0. The number of carbonyl (C=O) groups is 1. The first-order chi connectivity index (χ1) is 13.2. The third-order valence-corrected chi connectivity index (χ3v) is 9.92. The Morgan fingerprint density at radius 3 is 2.57 bits per heavy atom. The molecule has 4 fully saturated rings. The molecule has 0 radical (unpaired) electrons. The predicted octanol–water partition coefficient (Wildman–Crippen LogP) is 2.58. The van der Waals surface area contributed by atoms with Crippen LogP contribution in [0, 0.1) is 34.5 Å². The van der Waals surface area contributed by atoms with E-state index in [1.807, 2.05) is 0 Å². The van der Waals surface area contributed by atoms with Crippen molar-refractivity contribution in [3.8, 4) is 0 Å². The maximum absolute atomic E-state index is 12.1. The molecule has 4 aliphatic carbocycles. The van der Waals surface area contributed by atoms with E-state index in [0.717, 1.165) is 50.5 Å². The van der Waals surface area contributed by atoms with Gasteiger partial charge in [-0.2, -0.15) is 0 Å². The summed E-state index contributed by atoms with van der Waals surface area (Å²) in [6.07, 6.45) is 7.87. The molecule has 5 rings (SSSR count). The second-order valence-corrected chi connectivity index (χ2v) is 10.9. The van der Waals surface area contributed by atoms with Gasteiger partial charge in [0.1, 0.15) is 6.61 Å². The number of aliphatic hydroxyl groups is 3. The minimum Gasteiger partial charge on any atom is -0.458 e. The predicted molar refractivity (Wildman–Crippen MR) is 103 cm³/mol. The van der Waals surface area contributed by atoms with Crippen LogP contribution in [0.15, 0.2) is 11.6 Å². The van der Waals surface area contributed by atoms with Crippen molar-refractivity contribution in [2.75, 3.05) is 6.61 Å². The molecule has 0 spiro atoms. The Hall–Kier alpha value is -0.910. The van der Waals surface area contributed by atoms with Crippen molar-refractivity contribution < 1.29 is 24.9 Å². The van der Waals surface area contributed by atoms with Gasteiger partial charge in [0.25, 0.3) is 0 Å². The Bertz CT molecular complexity index is 718. The maximum atomic E-state index is 12.1. The highest BCUT2D eigenvalue weighted by atomic mass is 16.5. The summed E-state index contributed by atoms with van der Waals surface area (Å²) in [5, 5.41) is 33.3. The van der Waals surface area contributed by atoms with Crippen molar-refractivity contribution in [3.05, 3.63) is 11.6 Å². The van der Waals surface area contributed by atoms with Gasteiger partial charge in [0.15, 0.2) is 0 Å². The van der Waals surface area contributed by atoms with Crippen LogP contribution in [-0.4, -0.2) is 45.7 Å². The lowest BCUT2D eigenvalue weighted by molar-refractivity contribution is -0.208. The number of hydrogen-bond donors (Lipinski definition) is 3. The van der Waals surface area contributed by atoms with Gasteiger partial charge in [-0.25, -0.2) is 4.79 Å². The highest BCUT2D eigenvalue weighted by Gasteiger charge is 2.70. The largest absolute Gasteiger partial charge is 0.458 e. The van der Waals surface area contributed by atoms with Crippen molar-refractivity contribution in [1.29, 1.82) is 0 Å². The van der Waals surface area contributed by atoms with E-state index >= 15 is 0 Å². The normalized spacial score (nSPS) is 55.8. The molecule has 3 N–H and O–H groups in total. The van der Waals surface area contributed by atoms with Crippen LogP contribution in [0.3, 0.4) is 0 Å². The number of cyclic esters (lactones) is 1. The number of aliphatic hydroxyl groups excluding tert-OH is 2. The third kappa shape index (κ3) is 2.33. The minimum absolute atomic E-state index is 0.170. The molecular formula is C23H34O5. The van der Waals surface area contributed by atoms with Crippen LogP contribution in [-0.2, 0) is 9.53 Å². The molecule has 9 atom stereocenters. The maximum Gasteiger partial charge on any atom is 0.331 e. The second-order valence-electron chi connectivity index (χ2n) is 10.9. The van der Waals surface area contributed by atoms with E-state index in [9.17, 15) is 20.1 Å². The van der Waals surface area contributed by atoms with Crippen LogP contribution in [0.4, 0.5) is 0 Å². The Morgan fingerprint density at radius 1 is 1.07 bits per heavy atom. The number of ether oxygens (including phenoxy) is 1. The van der Waals surface area contributed by atoms with E-state index in [2.05, 4.69) is 13.8 Å². The lowest BCUT2D eigenvalue weighted by atomic mass is 9.43. The first kappa shape index (κ1) is 19.1. The molecule has 0 aromatic rings. The van der Waals surface area contributed by atoms with E-state index in [1.54, 1.807) is 0 Å². The van der Waals surface area contributed by atoms with Gasteiger partial charge in [-0.05, 0) is 73.7 Å². The molecule has 0 aromatic heterocycles. The molecule has 5 nitrogen and oxygen atoms in total. The summed E-state index contributed by atoms with van der Waals surface area (Å²) in [5.41, 5.74) is -0.301. The number of rotatable bonds is 1. The average Bonchev–Trinajstić information content (AvgIpc) is 3.13. The molecule has 1 heterocycles. The monoisotopic (exact) mass is 390 g/mol. The minimum atomic E-state index is -0.906. The molecule has 5 heteroatoms. The van der Waals surface area contributed by atoms with E-state index in [0.29, 0.717) is 18.3 Å². The standard InChI is InChI=1S/C23H34O5/c1-21-7-5-15(24)10-14(21)3-4-17-16(21)6-8-22(2)20(13-9-19(26)28-12-13)18(25)11-23(17,22)27/h9,14-18,20,24-25,27H,3-8,10-12H2,1-2H3/t14-,15-,16+,17-,18-,20+,21+,22-,23-/m1/s1. The van der Waals surface area contributed by atoms with Gasteiger partial charge >= 0.3 is 5.97 Å². The summed E-state index contributed by atoms with van der Waals surface area (Å²) in [6, 6.07) is 0. The summed E-state index contributed by atoms with van der Waals surface area (Å²) in [6.45, 7) is 4.77. The van der Waals surface area contributed by atoms with Crippen molar-refractivity contribution >= 4 is 5.97 Å². The fourth-order valence-corrected chi connectivity index (χ4v) is 8.47. The SMILES string of the molecule is C[C@]12CC[C@@H](O)C[C@H]1CC[C@@H]1[C@@H]2CC[C@]2(C)[C@@H](C3=CC(=O)OC3)[C@H](O)C[C@@]12O. The van der Waals surface area contributed by atoms with Crippen molar-refractivity contribution in [3.63, 3.8) is 0 Å². The molecule has 0 bridgehead atoms. The Balaban J connectivity index is 1.50. The summed E-state index contributed by atoms with van der Waals surface area (Å²) in [4.78, 5) is 11.7. The van der Waals surface area contributed by atoms with Crippen molar-refractivity contribution in [2.24, 2.45) is 34.5 Å². The van der Waals surface area contributed by atoms with E-state index in [-0.39, 0.29) is 35.9 Å². The van der Waals surface area contributed by atoms with Crippen LogP contribution >= 0.6 is 0 Å². The number of carbonyl (C=O) groups excluding carboxylic acids is 1. The number of hydrogen-bond acceptors (Lipinski definition) is 5. The zero-order chi connectivity index (χ0) is 19.9. The van der Waals surface area contributed by atoms with Crippen LogP contribution in [0.25, 0.3) is 0 Å². The molecule has 156 valence electrons. The molecule has 1 aliphatic heterocycles. The molecule has 0 aromatic carbocycles. The molecule has 28 heavy (non-hydrogen) atoms. The van der Waals surface area contributed by atoms with Gasteiger partial charge < -0.3 is 20.1 Å². The van der Waals surface area contributed by atoms with Gasteiger partial charge in [-0.1, -0.05) is 13.8 Å². The van der Waals surface area contributed by atoms with Gasteiger partial charge in [-0.15, -0.1) is 0 Å². The van der Waals surface area contributed by atoms with E-state index in [4.69, 9.17) is 4.74 Å². The fourth-order valence-electron chi connectivity index (χ4n) is 8.47. The van der Waals surface area contributed by atoms with Gasteiger partial charge in [0, 0.05) is 23.8 Å². The summed E-state index contributed by atoms with van der Waals surface area (Å²) >= 11 is 0. The smallest absolute Gasteiger partial charge is 0.331 e. The summed E-state index contributed by atoms with van der Waals surface area (Å²) < 4.78 is 5.14. The Labute approximate surface area is 167 Å². The highest BCUT2D eigenvalue weighted by molar-refractivity contribution is 5.85.